The van der Waals surface area contributed by atoms with Gasteiger partial charge < -0.3 is 10.2 Å². The van der Waals surface area contributed by atoms with Crippen molar-refractivity contribution in [3.8, 4) is 0 Å². The Balaban J connectivity index is 2.50. The molecule has 0 spiro atoms. The van der Waals surface area contributed by atoms with Crippen LogP contribution >= 0.6 is 0 Å². The maximum Gasteiger partial charge on any atom is 0.270 e. The predicted molar refractivity (Wildman–Crippen MR) is 53.1 cm³/mol. The van der Waals surface area contributed by atoms with Crippen molar-refractivity contribution in [1.82, 2.24) is 0 Å². The van der Waals surface area contributed by atoms with E-state index in [1.54, 1.807) is 6.08 Å². The molecule has 2 N–H and O–H groups in total. The summed E-state index contributed by atoms with van der Waals surface area (Å²) >= 11 is 0. The molecule has 0 aliphatic heterocycles. The number of fused-ring (bicyclic) bond motifs is 1. The van der Waals surface area contributed by atoms with E-state index >= 15 is 0 Å². The van der Waals surface area contributed by atoms with Gasteiger partial charge in [0.05, 0.1) is 4.92 Å². The van der Waals surface area contributed by atoms with Crippen LogP contribution in [0.2, 0.25) is 0 Å². The van der Waals surface area contributed by atoms with E-state index < -0.39 is 17.1 Å². The molecule has 78 valence electrons. The van der Waals surface area contributed by atoms with Crippen LogP contribution in [0.5, 0.6) is 0 Å². The first-order chi connectivity index (χ1) is 7.09. The summed E-state index contributed by atoms with van der Waals surface area (Å²) in [6, 6.07) is 4.15. The highest BCUT2D eigenvalue weighted by atomic mass is 16.6. The van der Waals surface area contributed by atoms with E-state index in [1.165, 1.54) is 24.3 Å². The van der Waals surface area contributed by atoms with Gasteiger partial charge in [-0.3, -0.25) is 10.1 Å². The Kier molecular flexibility index (Phi) is 2.26. The minimum Gasteiger partial charge on any atom is -0.386 e. The highest BCUT2D eigenvalue weighted by Gasteiger charge is 2.23. The van der Waals surface area contributed by atoms with Crippen LogP contribution in [-0.4, -0.2) is 21.2 Å². The van der Waals surface area contributed by atoms with Crippen molar-refractivity contribution in [2.75, 3.05) is 0 Å². The molecule has 2 rings (SSSR count). The predicted octanol–water partition coefficient (Wildman–Crippen LogP) is 1.02. The molecule has 0 heterocycles. The van der Waals surface area contributed by atoms with E-state index in [0.29, 0.717) is 11.1 Å². The average molecular weight is 207 g/mol. The van der Waals surface area contributed by atoms with Crippen molar-refractivity contribution in [2.45, 2.75) is 12.2 Å². The van der Waals surface area contributed by atoms with Crippen LogP contribution in [0.1, 0.15) is 17.2 Å². The van der Waals surface area contributed by atoms with Crippen molar-refractivity contribution >= 4 is 11.8 Å². The Labute approximate surface area is 85.4 Å². The van der Waals surface area contributed by atoms with Gasteiger partial charge in [0.2, 0.25) is 0 Å². The second kappa shape index (κ2) is 3.45. The minimum absolute atomic E-state index is 0.0259. The van der Waals surface area contributed by atoms with Gasteiger partial charge in [-0.2, -0.15) is 0 Å². The number of aliphatic hydroxyl groups excluding tert-OH is 2. The normalized spacial score (nSPS) is 23.6. The molecule has 5 nitrogen and oxygen atoms in total. The zero-order valence-electron chi connectivity index (χ0n) is 7.70. The molecule has 0 bridgehead atoms. The molecule has 0 saturated carbocycles. The molecule has 1 aromatic carbocycles. The maximum absolute atomic E-state index is 10.5. The lowest BCUT2D eigenvalue weighted by Crippen LogP contribution is -2.19. The van der Waals surface area contributed by atoms with Gasteiger partial charge >= 0.3 is 0 Å². The summed E-state index contributed by atoms with van der Waals surface area (Å²) in [5.41, 5.74) is 1.06. The maximum atomic E-state index is 10.5. The number of hydrogen-bond donors (Lipinski definition) is 2. The van der Waals surface area contributed by atoms with Gasteiger partial charge in [0.25, 0.3) is 5.69 Å². The molecule has 2 atom stereocenters. The Hall–Kier alpha value is -1.72. The first-order valence-electron chi connectivity index (χ1n) is 4.42. The molecule has 2 unspecified atom stereocenters. The van der Waals surface area contributed by atoms with Gasteiger partial charge in [0.15, 0.2) is 0 Å². The molecule has 0 aromatic heterocycles. The first kappa shape index (κ1) is 9.82. The number of nitro benzene ring substituents is 1. The highest BCUT2D eigenvalue weighted by Crippen LogP contribution is 2.30. The highest BCUT2D eigenvalue weighted by molar-refractivity contribution is 5.61. The molecular formula is C10H9NO4. The van der Waals surface area contributed by atoms with Crippen LogP contribution in [-0.2, 0) is 0 Å². The summed E-state index contributed by atoms with van der Waals surface area (Å²) in [4.78, 5) is 10.0. The fourth-order valence-electron chi connectivity index (χ4n) is 1.58. The number of aliphatic hydroxyl groups is 2. The van der Waals surface area contributed by atoms with Crippen LogP contribution in [0.15, 0.2) is 24.3 Å². The summed E-state index contributed by atoms with van der Waals surface area (Å²) in [6.45, 7) is 0. The Morgan fingerprint density at radius 3 is 2.73 bits per heavy atom. The average Bonchev–Trinajstić information content (AvgIpc) is 2.23. The number of non-ortho nitro benzene ring substituents is 1. The fraction of sp³-hybridized carbons (Fsp3) is 0.200. The summed E-state index contributed by atoms with van der Waals surface area (Å²) < 4.78 is 0. The van der Waals surface area contributed by atoms with Crippen molar-refractivity contribution in [2.24, 2.45) is 0 Å². The second-order valence-electron chi connectivity index (χ2n) is 3.36. The van der Waals surface area contributed by atoms with Crippen LogP contribution in [0.4, 0.5) is 5.69 Å². The summed E-state index contributed by atoms with van der Waals surface area (Å²) in [5.74, 6) is 0. The van der Waals surface area contributed by atoms with E-state index in [0.717, 1.165) is 0 Å². The molecule has 0 fully saturated rings. The van der Waals surface area contributed by atoms with Gasteiger partial charge in [0.1, 0.15) is 12.2 Å². The van der Waals surface area contributed by atoms with Gasteiger partial charge in [-0.25, -0.2) is 0 Å². The number of rotatable bonds is 1. The van der Waals surface area contributed by atoms with Crippen LogP contribution in [0.3, 0.4) is 0 Å². The van der Waals surface area contributed by atoms with Gasteiger partial charge in [-0.15, -0.1) is 0 Å². The lowest BCUT2D eigenvalue weighted by molar-refractivity contribution is -0.384. The summed E-state index contributed by atoms with van der Waals surface area (Å²) in [6.07, 6.45) is 1.03. The Morgan fingerprint density at radius 2 is 2.07 bits per heavy atom. The third-order valence-electron chi connectivity index (χ3n) is 2.40. The quantitative estimate of drug-likeness (QED) is 0.531. The van der Waals surface area contributed by atoms with E-state index in [1.807, 2.05) is 0 Å². The first-order valence-corrected chi connectivity index (χ1v) is 4.42. The van der Waals surface area contributed by atoms with E-state index in [4.69, 9.17) is 0 Å². The third-order valence-corrected chi connectivity index (χ3v) is 2.40. The van der Waals surface area contributed by atoms with Gasteiger partial charge in [0, 0.05) is 12.1 Å². The van der Waals surface area contributed by atoms with Crippen molar-refractivity contribution < 1.29 is 15.1 Å². The molecule has 0 saturated heterocycles. The zero-order valence-corrected chi connectivity index (χ0v) is 7.70. The third kappa shape index (κ3) is 1.62. The smallest absolute Gasteiger partial charge is 0.270 e. The van der Waals surface area contributed by atoms with Gasteiger partial charge in [-0.05, 0) is 17.2 Å². The van der Waals surface area contributed by atoms with Crippen molar-refractivity contribution in [3.05, 3.63) is 45.5 Å². The lowest BCUT2D eigenvalue weighted by atomic mass is 9.93. The van der Waals surface area contributed by atoms with Crippen molar-refractivity contribution in [1.29, 1.82) is 0 Å². The summed E-state index contributed by atoms with van der Waals surface area (Å²) in [5, 5.41) is 29.4. The van der Waals surface area contributed by atoms with E-state index in [-0.39, 0.29) is 5.69 Å². The van der Waals surface area contributed by atoms with Crippen LogP contribution < -0.4 is 0 Å². The monoisotopic (exact) mass is 207 g/mol. The topological polar surface area (TPSA) is 83.6 Å². The SMILES string of the molecule is O=[N+]([O-])c1ccc2c(c1)C=CC(O)C2O. The van der Waals surface area contributed by atoms with E-state index in [9.17, 15) is 20.3 Å². The molecule has 0 radical (unpaired) electrons. The molecule has 5 heteroatoms. The molecular weight excluding hydrogens is 198 g/mol. The summed E-state index contributed by atoms with van der Waals surface area (Å²) in [7, 11) is 0. The Morgan fingerprint density at radius 1 is 1.33 bits per heavy atom. The minimum atomic E-state index is -1.01. The fourth-order valence-corrected chi connectivity index (χ4v) is 1.58. The van der Waals surface area contributed by atoms with E-state index in [2.05, 4.69) is 0 Å². The standard InChI is InChI=1S/C10H9NO4/c12-9-4-1-6-5-7(11(14)15)2-3-8(6)10(9)13/h1-5,9-10,12-13H. The largest absolute Gasteiger partial charge is 0.386 e. The van der Waals surface area contributed by atoms with Crippen LogP contribution in [0, 0.1) is 10.1 Å². The number of nitrogens with zero attached hydrogens (tertiary/aromatic N) is 1. The molecule has 1 aliphatic rings. The van der Waals surface area contributed by atoms with Crippen molar-refractivity contribution in [3.63, 3.8) is 0 Å². The van der Waals surface area contributed by atoms with Gasteiger partial charge in [-0.1, -0.05) is 12.2 Å². The molecule has 1 aliphatic carbocycles. The number of hydrogen-bond acceptors (Lipinski definition) is 4. The lowest BCUT2D eigenvalue weighted by Gasteiger charge is -2.21. The molecule has 15 heavy (non-hydrogen) atoms. The van der Waals surface area contributed by atoms with Crippen LogP contribution in [0.25, 0.3) is 6.08 Å². The molecule has 0 amide bonds. The zero-order chi connectivity index (χ0) is 11.0. The number of benzene rings is 1. The molecule has 1 aromatic rings. The Bertz CT molecular complexity index is 441. The number of nitro groups is 1. The second-order valence-corrected chi connectivity index (χ2v) is 3.36.